The van der Waals surface area contributed by atoms with Crippen molar-refractivity contribution < 1.29 is 26.3 Å². The smallest absolute Gasteiger partial charge is 0.370 e. The molecule has 11 heteroatoms. The SMILES string of the molecule is CCNc1cc(NCCSC(F)(F)F)nc(C(F)(F)F)n1. The molecule has 0 bridgehead atoms. The number of thioether (sulfide) groups is 1. The molecule has 0 radical (unpaired) electrons. The van der Waals surface area contributed by atoms with Crippen LogP contribution in [-0.2, 0) is 6.18 Å². The molecule has 0 fully saturated rings. The molecule has 1 aromatic heterocycles. The first-order chi connectivity index (χ1) is 9.62. The first-order valence-electron chi connectivity index (χ1n) is 5.76. The summed E-state index contributed by atoms with van der Waals surface area (Å²) in [5.41, 5.74) is -4.38. The van der Waals surface area contributed by atoms with E-state index in [1.54, 1.807) is 6.92 Å². The summed E-state index contributed by atoms with van der Waals surface area (Å²) in [5, 5.41) is 5.02. The van der Waals surface area contributed by atoms with E-state index < -0.39 is 17.5 Å². The standard InChI is InChI=1S/C10H12F6N4S/c1-2-17-6-5-7(18-3-4-21-10(14,15)16)20-8(19-6)9(11,12)13/h5H,2-4H2,1H3,(H2,17,18,19,20). The highest BCUT2D eigenvalue weighted by molar-refractivity contribution is 8.00. The highest BCUT2D eigenvalue weighted by Crippen LogP contribution is 2.30. The molecule has 120 valence electrons. The van der Waals surface area contributed by atoms with Crippen molar-refractivity contribution in [1.82, 2.24) is 9.97 Å². The number of aromatic nitrogens is 2. The van der Waals surface area contributed by atoms with Gasteiger partial charge in [0.25, 0.3) is 0 Å². The maximum atomic E-state index is 12.6. The molecule has 0 saturated heterocycles. The van der Waals surface area contributed by atoms with Crippen molar-refractivity contribution in [3.8, 4) is 0 Å². The van der Waals surface area contributed by atoms with Gasteiger partial charge in [-0.15, -0.1) is 0 Å². The molecule has 1 rings (SSSR count). The molecule has 1 aromatic rings. The first-order valence-corrected chi connectivity index (χ1v) is 6.75. The maximum absolute atomic E-state index is 12.6. The molecule has 0 spiro atoms. The molecule has 0 unspecified atom stereocenters. The second-order valence-corrected chi connectivity index (χ2v) is 4.87. The zero-order chi connectivity index (χ0) is 16.1. The van der Waals surface area contributed by atoms with E-state index in [0.29, 0.717) is 6.54 Å². The van der Waals surface area contributed by atoms with Gasteiger partial charge in [0.2, 0.25) is 5.82 Å². The summed E-state index contributed by atoms with van der Waals surface area (Å²) in [7, 11) is 0. The average molecular weight is 334 g/mol. The van der Waals surface area contributed by atoms with Crippen LogP contribution in [0.25, 0.3) is 0 Å². The van der Waals surface area contributed by atoms with Gasteiger partial charge in [-0.25, -0.2) is 9.97 Å². The Morgan fingerprint density at radius 2 is 1.62 bits per heavy atom. The zero-order valence-electron chi connectivity index (χ0n) is 10.8. The third-order valence-electron chi connectivity index (χ3n) is 2.01. The summed E-state index contributed by atoms with van der Waals surface area (Å²) in [6.45, 7) is 1.84. The second kappa shape index (κ2) is 7.05. The van der Waals surface area contributed by atoms with E-state index in [1.807, 2.05) is 0 Å². The second-order valence-electron chi connectivity index (χ2n) is 3.71. The molecular formula is C10H12F6N4S. The highest BCUT2D eigenvalue weighted by atomic mass is 32.2. The Morgan fingerprint density at radius 3 is 2.10 bits per heavy atom. The van der Waals surface area contributed by atoms with Crippen LogP contribution >= 0.6 is 11.8 Å². The lowest BCUT2D eigenvalue weighted by Crippen LogP contribution is -2.16. The Bertz CT molecular complexity index is 462. The molecule has 1 heterocycles. The largest absolute Gasteiger partial charge is 0.451 e. The van der Waals surface area contributed by atoms with Gasteiger partial charge < -0.3 is 10.6 Å². The van der Waals surface area contributed by atoms with Crippen LogP contribution in [0.15, 0.2) is 6.07 Å². The van der Waals surface area contributed by atoms with Crippen LogP contribution in [0.3, 0.4) is 0 Å². The van der Waals surface area contributed by atoms with E-state index in [2.05, 4.69) is 20.6 Å². The van der Waals surface area contributed by atoms with Crippen molar-refractivity contribution in [1.29, 1.82) is 0 Å². The van der Waals surface area contributed by atoms with Crippen LogP contribution in [0, 0.1) is 0 Å². The van der Waals surface area contributed by atoms with Crippen molar-refractivity contribution in [3.05, 3.63) is 11.9 Å². The molecule has 0 aliphatic rings. The first kappa shape index (κ1) is 17.7. The van der Waals surface area contributed by atoms with Gasteiger partial charge in [-0.3, -0.25) is 0 Å². The number of nitrogens with one attached hydrogen (secondary N) is 2. The van der Waals surface area contributed by atoms with Crippen molar-refractivity contribution in [2.75, 3.05) is 29.5 Å². The van der Waals surface area contributed by atoms with E-state index in [-0.39, 0.29) is 35.7 Å². The Morgan fingerprint density at radius 1 is 1.05 bits per heavy atom. The zero-order valence-corrected chi connectivity index (χ0v) is 11.6. The predicted octanol–water partition coefficient (Wildman–Crippen LogP) is 3.59. The van der Waals surface area contributed by atoms with Crippen LogP contribution in [0.2, 0.25) is 0 Å². The summed E-state index contributed by atoms with van der Waals surface area (Å²) >= 11 is -0.267. The van der Waals surface area contributed by atoms with Crippen molar-refractivity contribution >= 4 is 23.4 Å². The number of halogens is 6. The van der Waals surface area contributed by atoms with E-state index in [4.69, 9.17) is 0 Å². The molecule has 2 N–H and O–H groups in total. The van der Waals surface area contributed by atoms with Gasteiger partial charge in [0.1, 0.15) is 11.6 Å². The predicted molar refractivity (Wildman–Crippen MR) is 68.2 cm³/mol. The van der Waals surface area contributed by atoms with E-state index >= 15 is 0 Å². The third kappa shape index (κ3) is 6.74. The third-order valence-corrected chi connectivity index (χ3v) is 2.75. The average Bonchev–Trinajstić information content (AvgIpc) is 2.33. The van der Waals surface area contributed by atoms with Crippen molar-refractivity contribution in [2.24, 2.45) is 0 Å². The molecular weight excluding hydrogens is 322 g/mol. The van der Waals surface area contributed by atoms with Crippen molar-refractivity contribution in [3.63, 3.8) is 0 Å². The molecule has 0 aromatic carbocycles. The van der Waals surface area contributed by atoms with Gasteiger partial charge in [-0.05, 0) is 18.7 Å². The summed E-state index contributed by atoms with van der Waals surface area (Å²) in [4.78, 5) is 6.53. The minimum Gasteiger partial charge on any atom is -0.370 e. The number of hydrogen-bond donors (Lipinski definition) is 2. The monoisotopic (exact) mass is 334 g/mol. The van der Waals surface area contributed by atoms with E-state index in [9.17, 15) is 26.3 Å². The topological polar surface area (TPSA) is 49.8 Å². The number of hydrogen-bond acceptors (Lipinski definition) is 5. The van der Waals surface area contributed by atoms with Crippen LogP contribution in [0.4, 0.5) is 38.0 Å². The molecule has 0 aliphatic heterocycles. The summed E-state index contributed by atoms with van der Waals surface area (Å²) in [6.07, 6.45) is -4.73. The van der Waals surface area contributed by atoms with Crippen LogP contribution in [0.5, 0.6) is 0 Å². The lowest BCUT2D eigenvalue weighted by atomic mass is 10.4. The number of alkyl halides is 6. The fourth-order valence-electron chi connectivity index (χ4n) is 1.28. The van der Waals surface area contributed by atoms with Gasteiger partial charge in [0.05, 0.1) is 0 Å². The fraction of sp³-hybridized carbons (Fsp3) is 0.600. The minimum atomic E-state index is -4.73. The van der Waals surface area contributed by atoms with Crippen LogP contribution in [0.1, 0.15) is 12.7 Å². The lowest BCUT2D eigenvalue weighted by Gasteiger charge is -2.12. The summed E-state index contributed by atoms with van der Waals surface area (Å²) < 4.78 is 73.5. The quantitative estimate of drug-likeness (QED) is 0.615. The van der Waals surface area contributed by atoms with Gasteiger partial charge in [0.15, 0.2) is 0 Å². The van der Waals surface area contributed by atoms with Gasteiger partial charge in [-0.1, -0.05) is 0 Å². The number of anilines is 2. The minimum absolute atomic E-state index is 0.0502. The number of nitrogens with zero attached hydrogens (tertiary/aromatic N) is 2. The normalized spacial score (nSPS) is 12.3. The number of rotatable bonds is 6. The Kier molecular flexibility index (Phi) is 5.93. The molecule has 4 nitrogen and oxygen atoms in total. The molecule has 0 atom stereocenters. The van der Waals surface area contributed by atoms with Gasteiger partial charge in [0, 0.05) is 24.9 Å². The molecule has 0 amide bonds. The summed E-state index contributed by atoms with van der Waals surface area (Å²) in [5.74, 6) is -1.93. The van der Waals surface area contributed by atoms with E-state index in [0.717, 1.165) is 0 Å². The lowest BCUT2D eigenvalue weighted by molar-refractivity contribution is -0.144. The summed E-state index contributed by atoms with van der Waals surface area (Å²) in [6, 6.07) is 1.21. The Balaban J connectivity index is 2.74. The van der Waals surface area contributed by atoms with E-state index in [1.165, 1.54) is 6.07 Å². The highest BCUT2D eigenvalue weighted by Gasteiger charge is 2.35. The Labute approximate surface area is 120 Å². The fourth-order valence-corrected chi connectivity index (χ4v) is 1.72. The van der Waals surface area contributed by atoms with Crippen LogP contribution in [-0.4, -0.2) is 34.3 Å². The molecule has 0 saturated carbocycles. The molecule has 0 aliphatic carbocycles. The molecule has 21 heavy (non-hydrogen) atoms. The Hall–Kier alpha value is -1.39. The maximum Gasteiger partial charge on any atom is 0.451 e. The van der Waals surface area contributed by atoms with Gasteiger partial charge in [-0.2, -0.15) is 26.3 Å². The van der Waals surface area contributed by atoms with Gasteiger partial charge >= 0.3 is 11.7 Å². The van der Waals surface area contributed by atoms with Crippen LogP contribution < -0.4 is 10.6 Å². The van der Waals surface area contributed by atoms with Crippen molar-refractivity contribution in [2.45, 2.75) is 18.6 Å².